The molecule has 0 unspecified atom stereocenters. The summed E-state index contributed by atoms with van der Waals surface area (Å²) in [6.07, 6.45) is -4.25. The predicted molar refractivity (Wildman–Crippen MR) is 163 cm³/mol. The number of ether oxygens (including phenoxy) is 2. The standard InChI is InChI=1S/C28H39ClFN6O7P/c1-7-35(8-2)24-22-25(33-19(6)32-24)36(16-31-22)26-21(30)23(37)28(14-29,42-26)15-40-44(39,43-20-12-10-9-11-13-20)34-18(5)27(38)41-17(3)4/h9-13,16-18,21,23,26,37H,7-8,14-15H2,1-6H3,(H,34,39)/t18-,21+,23-,26+,28+,44-/m0/s1. The summed E-state index contributed by atoms with van der Waals surface area (Å²) in [6.45, 7) is 11.1. The molecule has 2 N–H and O–H groups in total. The van der Waals surface area contributed by atoms with Crippen LogP contribution >= 0.6 is 19.3 Å². The number of rotatable bonds is 14. The summed E-state index contributed by atoms with van der Waals surface area (Å²) in [7, 11) is -4.37. The zero-order chi connectivity index (χ0) is 32.2. The molecule has 0 bridgehead atoms. The molecular weight excluding hydrogens is 618 g/mol. The van der Waals surface area contributed by atoms with Crippen LogP contribution in [0.25, 0.3) is 11.2 Å². The highest BCUT2D eigenvalue weighted by Gasteiger charge is 2.57. The Morgan fingerprint density at radius 1 is 1.25 bits per heavy atom. The number of para-hydroxylation sites is 1. The van der Waals surface area contributed by atoms with E-state index < -0.39 is 62.5 Å². The van der Waals surface area contributed by atoms with Gasteiger partial charge in [0.2, 0.25) is 0 Å². The Hall–Kier alpha value is -2.87. The van der Waals surface area contributed by atoms with E-state index in [0.717, 1.165) is 0 Å². The lowest BCUT2D eigenvalue weighted by Crippen LogP contribution is -2.48. The lowest BCUT2D eigenvalue weighted by atomic mass is 9.99. The van der Waals surface area contributed by atoms with Gasteiger partial charge in [0.15, 0.2) is 29.4 Å². The van der Waals surface area contributed by atoms with Crippen molar-refractivity contribution in [2.24, 2.45) is 0 Å². The van der Waals surface area contributed by atoms with Gasteiger partial charge in [-0.3, -0.25) is 13.9 Å². The first-order valence-corrected chi connectivity index (χ1v) is 16.4. The van der Waals surface area contributed by atoms with Gasteiger partial charge in [-0.25, -0.2) is 23.9 Å². The number of aromatic nitrogens is 4. The van der Waals surface area contributed by atoms with Crippen molar-refractivity contribution in [2.75, 3.05) is 30.5 Å². The van der Waals surface area contributed by atoms with E-state index in [4.69, 9.17) is 30.1 Å². The number of imidazole rings is 1. The van der Waals surface area contributed by atoms with Crippen molar-refractivity contribution in [3.8, 4) is 5.75 Å². The molecule has 0 radical (unpaired) electrons. The van der Waals surface area contributed by atoms with Crippen LogP contribution in [0.15, 0.2) is 36.7 Å². The Bertz CT molecular complexity index is 1480. The molecule has 0 amide bonds. The number of nitrogens with zero attached hydrogens (tertiary/aromatic N) is 5. The highest BCUT2D eigenvalue weighted by molar-refractivity contribution is 7.52. The average Bonchev–Trinajstić information content (AvgIpc) is 3.51. The third-order valence-corrected chi connectivity index (χ3v) is 9.13. The minimum Gasteiger partial charge on any atom is -0.462 e. The molecule has 0 aliphatic carbocycles. The van der Waals surface area contributed by atoms with Crippen molar-refractivity contribution in [3.63, 3.8) is 0 Å². The van der Waals surface area contributed by atoms with Crippen molar-refractivity contribution in [2.45, 2.75) is 77.8 Å². The number of carbonyl (C=O) groups is 1. The Morgan fingerprint density at radius 2 is 1.93 bits per heavy atom. The molecule has 4 rings (SSSR count). The summed E-state index contributed by atoms with van der Waals surface area (Å²) in [4.78, 5) is 27.9. The van der Waals surface area contributed by atoms with Crippen LogP contribution in [0.3, 0.4) is 0 Å². The number of esters is 1. The predicted octanol–water partition coefficient (Wildman–Crippen LogP) is 4.32. The van der Waals surface area contributed by atoms with Crippen LogP contribution in [-0.4, -0.2) is 86.2 Å². The molecule has 0 spiro atoms. The molecule has 44 heavy (non-hydrogen) atoms. The first-order chi connectivity index (χ1) is 20.9. The number of aliphatic hydroxyl groups excluding tert-OH is 1. The highest BCUT2D eigenvalue weighted by Crippen LogP contribution is 2.49. The molecular formula is C28H39ClFN6O7P. The molecule has 1 aliphatic heterocycles. The van der Waals surface area contributed by atoms with Crippen molar-refractivity contribution in [1.29, 1.82) is 0 Å². The molecule has 0 saturated carbocycles. The number of hydrogen-bond donors (Lipinski definition) is 2. The van der Waals surface area contributed by atoms with Gasteiger partial charge in [0.05, 0.1) is 24.9 Å². The van der Waals surface area contributed by atoms with Crippen LogP contribution in [0, 0.1) is 6.92 Å². The van der Waals surface area contributed by atoms with Crippen LogP contribution in [0.1, 0.15) is 46.7 Å². The van der Waals surface area contributed by atoms with E-state index in [2.05, 4.69) is 20.0 Å². The van der Waals surface area contributed by atoms with Crippen molar-refractivity contribution < 1.29 is 37.4 Å². The second-order valence-electron chi connectivity index (χ2n) is 10.7. The maximum absolute atomic E-state index is 15.9. The first kappa shape index (κ1) is 34.0. The molecule has 1 aromatic carbocycles. The quantitative estimate of drug-likeness (QED) is 0.145. The molecule has 1 aliphatic rings. The van der Waals surface area contributed by atoms with E-state index in [0.29, 0.717) is 35.9 Å². The van der Waals surface area contributed by atoms with Crippen molar-refractivity contribution in [1.82, 2.24) is 24.6 Å². The highest BCUT2D eigenvalue weighted by atomic mass is 35.5. The normalized spacial score (nSPS) is 23.9. The van der Waals surface area contributed by atoms with E-state index >= 15 is 4.39 Å². The number of carbonyl (C=O) groups excluding carboxylic acids is 1. The van der Waals surface area contributed by atoms with Gasteiger partial charge in [0, 0.05) is 13.1 Å². The fraction of sp³-hybridized carbons (Fsp3) is 0.571. The van der Waals surface area contributed by atoms with Crippen LogP contribution < -0.4 is 14.5 Å². The molecule has 3 aromatic rings. The fourth-order valence-electron chi connectivity index (χ4n) is 4.77. The van der Waals surface area contributed by atoms with E-state index in [1.165, 1.54) is 17.8 Å². The van der Waals surface area contributed by atoms with E-state index in [1.807, 2.05) is 18.7 Å². The number of anilines is 1. The van der Waals surface area contributed by atoms with Gasteiger partial charge in [-0.05, 0) is 53.7 Å². The minimum absolute atomic E-state index is 0.172. The maximum atomic E-state index is 15.9. The van der Waals surface area contributed by atoms with E-state index in [-0.39, 0.29) is 5.75 Å². The summed E-state index contributed by atoms with van der Waals surface area (Å²) < 4.78 is 53.9. The summed E-state index contributed by atoms with van der Waals surface area (Å²) in [5, 5.41) is 13.7. The van der Waals surface area contributed by atoms with E-state index in [1.54, 1.807) is 51.1 Å². The SMILES string of the molecule is CCN(CC)c1nc(C)nc2c1ncn2[C@@H]1O[C@](CCl)(CO[P@@](=O)(N[C@@H](C)C(=O)OC(C)C)Oc2ccccc2)[C@@H](O)[C@H]1F. The summed E-state index contributed by atoms with van der Waals surface area (Å²) in [5.74, 6) is 0.0736. The zero-order valence-corrected chi connectivity index (χ0v) is 27.2. The number of halogens is 2. The number of nitrogens with one attached hydrogen (secondary N) is 1. The Labute approximate surface area is 260 Å². The summed E-state index contributed by atoms with van der Waals surface area (Å²) >= 11 is 6.29. The first-order valence-electron chi connectivity index (χ1n) is 14.4. The average molecular weight is 657 g/mol. The van der Waals surface area contributed by atoms with Crippen molar-refractivity contribution >= 4 is 42.3 Å². The fourth-order valence-corrected chi connectivity index (χ4v) is 6.61. The largest absolute Gasteiger partial charge is 0.462 e. The number of alkyl halides is 2. The number of aliphatic hydroxyl groups is 1. The van der Waals surface area contributed by atoms with Gasteiger partial charge in [0.25, 0.3) is 0 Å². The maximum Gasteiger partial charge on any atom is 0.459 e. The third-order valence-electron chi connectivity index (χ3n) is 7.05. The topological polar surface area (TPSA) is 150 Å². The van der Waals surface area contributed by atoms with Gasteiger partial charge in [-0.2, -0.15) is 5.09 Å². The molecule has 13 nitrogen and oxygen atoms in total. The number of hydrogen-bond acceptors (Lipinski definition) is 11. The second-order valence-corrected chi connectivity index (χ2v) is 12.7. The van der Waals surface area contributed by atoms with Gasteiger partial charge in [0.1, 0.15) is 29.3 Å². The zero-order valence-electron chi connectivity index (χ0n) is 25.5. The van der Waals surface area contributed by atoms with Crippen LogP contribution in [0.4, 0.5) is 10.2 Å². The smallest absolute Gasteiger partial charge is 0.459 e. The molecule has 1 saturated heterocycles. The van der Waals surface area contributed by atoms with Crippen molar-refractivity contribution in [3.05, 3.63) is 42.5 Å². The molecule has 16 heteroatoms. The van der Waals surface area contributed by atoms with Gasteiger partial charge < -0.3 is 24.0 Å². The summed E-state index contributed by atoms with van der Waals surface area (Å²) in [5.41, 5.74) is -1.12. The van der Waals surface area contributed by atoms with Gasteiger partial charge in [-0.15, -0.1) is 11.6 Å². The second kappa shape index (κ2) is 14.1. The molecule has 6 atom stereocenters. The lowest BCUT2D eigenvalue weighted by Gasteiger charge is -2.31. The Balaban J connectivity index is 1.63. The summed E-state index contributed by atoms with van der Waals surface area (Å²) in [6, 6.07) is 7.02. The number of benzene rings is 1. The number of fused-ring (bicyclic) bond motifs is 1. The monoisotopic (exact) mass is 656 g/mol. The van der Waals surface area contributed by atoms with Gasteiger partial charge in [-0.1, -0.05) is 18.2 Å². The Morgan fingerprint density at radius 3 is 2.55 bits per heavy atom. The molecule has 1 fully saturated rings. The van der Waals surface area contributed by atoms with Gasteiger partial charge >= 0.3 is 13.7 Å². The van der Waals surface area contributed by atoms with Crippen LogP contribution in [0.2, 0.25) is 0 Å². The third kappa shape index (κ3) is 7.16. The van der Waals surface area contributed by atoms with E-state index in [9.17, 15) is 14.5 Å². The van der Waals surface area contributed by atoms with Crippen LogP contribution in [-0.2, 0) is 23.4 Å². The number of aryl methyl sites for hydroxylation is 1. The minimum atomic E-state index is -4.37. The van der Waals surface area contributed by atoms with Crippen LogP contribution in [0.5, 0.6) is 5.75 Å². The molecule has 3 heterocycles. The Kier molecular flexibility index (Phi) is 10.9. The lowest BCUT2D eigenvalue weighted by molar-refractivity contribution is -0.149. The molecule has 242 valence electrons. The molecule has 2 aromatic heterocycles.